The fraction of sp³-hybridized carbons (Fsp3) is 0.562. The van der Waals surface area contributed by atoms with E-state index in [2.05, 4.69) is 51.5 Å². The zero-order chi connectivity index (χ0) is 14.3. The van der Waals surface area contributed by atoms with Gasteiger partial charge in [0.15, 0.2) is 5.11 Å². The molecule has 1 saturated heterocycles. The Morgan fingerprint density at radius 3 is 1.79 bits per heavy atom. The molecule has 3 heteroatoms. The monoisotopic (exact) mass is 276 g/mol. The van der Waals surface area contributed by atoms with Crippen molar-refractivity contribution in [2.45, 2.75) is 41.0 Å². The van der Waals surface area contributed by atoms with Crippen LogP contribution in [0.4, 0.5) is 5.69 Å². The minimum atomic E-state index is 0.958. The van der Waals surface area contributed by atoms with Crippen LogP contribution in [0.5, 0.6) is 0 Å². The molecule has 104 valence electrons. The molecule has 19 heavy (non-hydrogen) atoms. The van der Waals surface area contributed by atoms with Gasteiger partial charge in [-0.2, -0.15) is 0 Å². The van der Waals surface area contributed by atoms with E-state index in [4.69, 9.17) is 12.2 Å². The van der Waals surface area contributed by atoms with E-state index < -0.39 is 0 Å². The Morgan fingerprint density at radius 2 is 1.26 bits per heavy atom. The van der Waals surface area contributed by atoms with E-state index in [1.807, 2.05) is 0 Å². The lowest BCUT2D eigenvalue weighted by molar-refractivity contribution is 0.460. The highest BCUT2D eigenvalue weighted by Crippen LogP contribution is 2.34. The van der Waals surface area contributed by atoms with Crippen molar-refractivity contribution in [3.05, 3.63) is 27.8 Å². The van der Waals surface area contributed by atoms with Crippen LogP contribution in [0, 0.1) is 34.6 Å². The molecule has 0 bridgehead atoms. The number of rotatable bonds is 1. The minimum Gasteiger partial charge on any atom is -0.352 e. The molecular weight excluding hydrogens is 252 g/mol. The number of hydrogen-bond acceptors (Lipinski definition) is 1. The number of hydrogen-bond donors (Lipinski definition) is 0. The minimum absolute atomic E-state index is 0.958. The molecule has 0 amide bonds. The molecule has 1 fully saturated rings. The zero-order valence-electron chi connectivity index (χ0n) is 12.9. The molecule has 0 unspecified atom stereocenters. The first-order valence-corrected chi connectivity index (χ1v) is 7.36. The van der Waals surface area contributed by atoms with E-state index >= 15 is 0 Å². The van der Waals surface area contributed by atoms with Crippen LogP contribution in [0.2, 0.25) is 0 Å². The van der Waals surface area contributed by atoms with Crippen molar-refractivity contribution in [3.63, 3.8) is 0 Å². The smallest absolute Gasteiger partial charge is 0.175 e. The van der Waals surface area contributed by atoms with Gasteiger partial charge >= 0.3 is 0 Å². The summed E-state index contributed by atoms with van der Waals surface area (Å²) in [6.07, 6.45) is 1.17. The molecule has 2 rings (SSSR count). The number of benzene rings is 1. The van der Waals surface area contributed by atoms with Crippen molar-refractivity contribution in [2.75, 3.05) is 25.0 Å². The highest BCUT2D eigenvalue weighted by Gasteiger charge is 2.25. The van der Waals surface area contributed by atoms with E-state index in [0.29, 0.717) is 0 Å². The van der Waals surface area contributed by atoms with E-state index in [1.54, 1.807) is 0 Å². The van der Waals surface area contributed by atoms with Crippen LogP contribution in [0.3, 0.4) is 0 Å². The summed E-state index contributed by atoms with van der Waals surface area (Å²) in [4.78, 5) is 4.51. The summed E-state index contributed by atoms with van der Waals surface area (Å²) in [5.41, 5.74) is 8.28. The third-order valence-electron chi connectivity index (χ3n) is 4.66. The SMILES string of the molecule is Cc1c(C)c(C)c(N2CCCN(C)C2=S)c(C)c1C. The van der Waals surface area contributed by atoms with Crippen LogP contribution < -0.4 is 4.90 Å². The molecule has 0 aromatic heterocycles. The van der Waals surface area contributed by atoms with Gasteiger partial charge in [0.05, 0.1) is 0 Å². The predicted molar refractivity (Wildman–Crippen MR) is 87.3 cm³/mol. The summed E-state index contributed by atoms with van der Waals surface area (Å²) in [6, 6.07) is 0. The van der Waals surface area contributed by atoms with Crippen LogP contribution in [0.25, 0.3) is 0 Å². The third kappa shape index (κ3) is 2.25. The number of anilines is 1. The fourth-order valence-corrected chi connectivity index (χ4v) is 3.23. The maximum Gasteiger partial charge on any atom is 0.175 e. The van der Waals surface area contributed by atoms with Gasteiger partial charge in [-0.1, -0.05) is 0 Å². The van der Waals surface area contributed by atoms with Gasteiger partial charge in [0.1, 0.15) is 0 Å². The first-order valence-electron chi connectivity index (χ1n) is 6.95. The van der Waals surface area contributed by atoms with Crippen LogP contribution >= 0.6 is 12.2 Å². The maximum atomic E-state index is 5.62. The normalized spacial score (nSPS) is 16.2. The van der Waals surface area contributed by atoms with Crippen LogP contribution in [-0.4, -0.2) is 30.1 Å². The van der Waals surface area contributed by atoms with Crippen LogP contribution in [0.15, 0.2) is 0 Å². The quantitative estimate of drug-likeness (QED) is 0.723. The van der Waals surface area contributed by atoms with Crippen molar-refractivity contribution >= 4 is 23.0 Å². The zero-order valence-corrected chi connectivity index (χ0v) is 13.7. The van der Waals surface area contributed by atoms with Gasteiger partial charge in [-0.05, 0) is 81.1 Å². The summed E-state index contributed by atoms with van der Waals surface area (Å²) in [6.45, 7) is 13.2. The van der Waals surface area contributed by atoms with Gasteiger partial charge in [-0.25, -0.2) is 0 Å². The second-order valence-electron chi connectivity index (χ2n) is 5.68. The summed E-state index contributed by atoms with van der Waals surface area (Å²) >= 11 is 5.62. The average molecular weight is 276 g/mol. The van der Waals surface area contributed by atoms with Crippen LogP contribution in [0.1, 0.15) is 34.2 Å². The molecule has 2 nitrogen and oxygen atoms in total. The van der Waals surface area contributed by atoms with E-state index in [0.717, 1.165) is 18.2 Å². The number of nitrogens with zero attached hydrogens (tertiary/aromatic N) is 2. The molecule has 0 radical (unpaired) electrons. The molecular formula is C16H24N2S. The van der Waals surface area contributed by atoms with Gasteiger partial charge in [-0.15, -0.1) is 0 Å². The molecule has 1 heterocycles. The molecule has 1 aromatic carbocycles. The van der Waals surface area contributed by atoms with E-state index in [1.165, 1.54) is 39.9 Å². The summed E-state index contributed by atoms with van der Waals surface area (Å²) in [5, 5.41) is 0.958. The standard InChI is InChI=1S/C16H24N2S/c1-10-11(2)13(4)15(14(5)12(10)3)18-9-7-8-17(6)16(18)19/h7-9H2,1-6H3. The Labute approximate surface area is 122 Å². The Hall–Kier alpha value is -1.09. The van der Waals surface area contributed by atoms with Gasteiger partial charge in [0, 0.05) is 25.8 Å². The van der Waals surface area contributed by atoms with E-state index in [9.17, 15) is 0 Å². The Bertz CT molecular complexity index is 505. The number of thiocarbonyl (C=S) groups is 1. The Kier molecular flexibility index (Phi) is 3.86. The van der Waals surface area contributed by atoms with E-state index in [-0.39, 0.29) is 0 Å². The van der Waals surface area contributed by atoms with Crippen molar-refractivity contribution in [2.24, 2.45) is 0 Å². The van der Waals surface area contributed by atoms with Crippen molar-refractivity contribution in [1.29, 1.82) is 0 Å². The molecule has 1 aromatic rings. The van der Waals surface area contributed by atoms with Gasteiger partial charge in [0.25, 0.3) is 0 Å². The summed E-state index contributed by atoms with van der Waals surface area (Å²) in [5.74, 6) is 0. The molecule has 0 aliphatic carbocycles. The lowest BCUT2D eigenvalue weighted by Crippen LogP contribution is -2.48. The fourth-order valence-electron chi connectivity index (χ4n) is 2.96. The highest BCUT2D eigenvalue weighted by atomic mass is 32.1. The molecule has 0 N–H and O–H groups in total. The second kappa shape index (κ2) is 5.12. The topological polar surface area (TPSA) is 6.48 Å². The Morgan fingerprint density at radius 1 is 0.789 bits per heavy atom. The lowest BCUT2D eigenvalue weighted by atomic mass is 9.92. The third-order valence-corrected chi connectivity index (χ3v) is 5.20. The first-order chi connectivity index (χ1) is 8.86. The average Bonchev–Trinajstić information content (AvgIpc) is 2.39. The Balaban J connectivity index is 2.59. The molecule has 1 aliphatic rings. The molecule has 0 saturated carbocycles. The lowest BCUT2D eigenvalue weighted by Gasteiger charge is -2.38. The maximum absolute atomic E-state index is 5.62. The molecule has 1 aliphatic heterocycles. The van der Waals surface area contributed by atoms with Crippen molar-refractivity contribution < 1.29 is 0 Å². The van der Waals surface area contributed by atoms with Crippen LogP contribution in [-0.2, 0) is 0 Å². The van der Waals surface area contributed by atoms with Gasteiger partial charge in [-0.3, -0.25) is 0 Å². The van der Waals surface area contributed by atoms with Gasteiger partial charge in [0.2, 0.25) is 0 Å². The summed E-state index contributed by atoms with van der Waals surface area (Å²) in [7, 11) is 2.09. The predicted octanol–water partition coefficient (Wildman–Crippen LogP) is 3.66. The molecule has 0 atom stereocenters. The first kappa shape index (κ1) is 14.3. The van der Waals surface area contributed by atoms with Crippen molar-refractivity contribution in [1.82, 2.24) is 4.90 Å². The highest BCUT2D eigenvalue weighted by molar-refractivity contribution is 7.80. The van der Waals surface area contributed by atoms with Gasteiger partial charge < -0.3 is 9.80 Å². The second-order valence-corrected chi connectivity index (χ2v) is 6.05. The molecule has 0 spiro atoms. The van der Waals surface area contributed by atoms with Crippen molar-refractivity contribution in [3.8, 4) is 0 Å². The largest absolute Gasteiger partial charge is 0.352 e. The summed E-state index contributed by atoms with van der Waals surface area (Å²) < 4.78 is 0.